The SMILES string of the molecule is COc1ccc(F)cc1C(N)CC1CCCCCC1. The summed E-state index contributed by atoms with van der Waals surface area (Å²) in [5, 5.41) is 0. The molecule has 19 heavy (non-hydrogen) atoms. The van der Waals surface area contributed by atoms with E-state index in [-0.39, 0.29) is 11.9 Å². The molecule has 0 spiro atoms. The molecule has 2 nitrogen and oxygen atoms in total. The summed E-state index contributed by atoms with van der Waals surface area (Å²) < 4.78 is 18.7. The van der Waals surface area contributed by atoms with E-state index in [1.807, 2.05) is 0 Å². The number of hydrogen-bond acceptors (Lipinski definition) is 2. The largest absolute Gasteiger partial charge is 0.496 e. The maximum Gasteiger partial charge on any atom is 0.123 e. The second-order valence-corrected chi connectivity index (χ2v) is 5.59. The maximum atomic E-state index is 13.4. The van der Waals surface area contributed by atoms with Gasteiger partial charge in [0.1, 0.15) is 11.6 Å². The Morgan fingerprint density at radius 3 is 2.58 bits per heavy atom. The lowest BCUT2D eigenvalue weighted by atomic mass is 9.89. The van der Waals surface area contributed by atoms with Crippen molar-refractivity contribution < 1.29 is 9.13 Å². The average molecular weight is 265 g/mol. The summed E-state index contributed by atoms with van der Waals surface area (Å²) in [6.45, 7) is 0. The third-order valence-corrected chi connectivity index (χ3v) is 4.15. The van der Waals surface area contributed by atoms with Gasteiger partial charge in [0, 0.05) is 11.6 Å². The molecule has 1 aromatic rings. The molecule has 2 rings (SSSR count). The quantitative estimate of drug-likeness (QED) is 0.828. The van der Waals surface area contributed by atoms with Gasteiger partial charge in [-0.25, -0.2) is 4.39 Å². The second-order valence-electron chi connectivity index (χ2n) is 5.59. The van der Waals surface area contributed by atoms with Gasteiger partial charge in [-0.2, -0.15) is 0 Å². The summed E-state index contributed by atoms with van der Waals surface area (Å²) in [5.41, 5.74) is 7.07. The van der Waals surface area contributed by atoms with Gasteiger partial charge < -0.3 is 10.5 Å². The Kier molecular flexibility index (Phi) is 5.20. The summed E-state index contributed by atoms with van der Waals surface area (Å²) in [4.78, 5) is 0. The fourth-order valence-electron chi connectivity index (χ4n) is 3.08. The lowest BCUT2D eigenvalue weighted by Crippen LogP contribution is -2.16. The molecule has 1 aliphatic carbocycles. The van der Waals surface area contributed by atoms with Crippen LogP contribution in [-0.4, -0.2) is 7.11 Å². The maximum absolute atomic E-state index is 13.4. The Bertz CT molecular complexity index is 400. The highest BCUT2D eigenvalue weighted by molar-refractivity contribution is 5.36. The van der Waals surface area contributed by atoms with Crippen LogP contribution in [0.5, 0.6) is 5.75 Å². The smallest absolute Gasteiger partial charge is 0.123 e. The molecule has 1 unspecified atom stereocenters. The third-order valence-electron chi connectivity index (χ3n) is 4.15. The molecule has 106 valence electrons. The predicted molar refractivity (Wildman–Crippen MR) is 75.7 cm³/mol. The molecule has 1 aromatic carbocycles. The second kappa shape index (κ2) is 6.90. The number of nitrogens with two attached hydrogens (primary N) is 1. The van der Waals surface area contributed by atoms with Gasteiger partial charge in [0.05, 0.1) is 7.11 Å². The number of halogens is 1. The first-order chi connectivity index (χ1) is 9.20. The van der Waals surface area contributed by atoms with Crippen LogP contribution in [0.15, 0.2) is 18.2 Å². The first kappa shape index (κ1) is 14.3. The van der Waals surface area contributed by atoms with Crippen LogP contribution in [-0.2, 0) is 0 Å². The van der Waals surface area contributed by atoms with E-state index >= 15 is 0 Å². The molecule has 0 radical (unpaired) electrons. The van der Waals surface area contributed by atoms with Gasteiger partial charge >= 0.3 is 0 Å². The summed E-state index contributed by atoms with van der Waals surface area (Å²) in [6, 6.07) is 4.46. The highest BCUT2D eigenvalue weighted by Crippen LogP contribution is 2.33. The van der Waals surface area contributed by atoms with Crippen molar-refractivity contribution in [3.8, 4) is 5.75 Å². The van der Waals surface area contributed by atoms with Gasteiger partial charge in [0.25, 0.3) is 0 Å². The van der Waals surface area contributed by atoms with Crippen molar-refractivity contribution in [2.45, 2.75) is 51.0 Å². The number of ether oxygens (including phenoxy) is 1. The molecule has 0 aliphatic heterocycles. The van der Waals surface area contributed by atoms with E-state index in [0.29, 0.717) is 11.7 Å². The topological polar surface area (TPSA) is 35.2 Å². The van der Waals surface area contributed by atoms with Crippen molar-refractivity contribution in [2.24, 2.45) is 11.7 Å². The molecule has 2 N–H and O–H groups in total. The molecule has 1 aliphatic rings. The van der Waals surface area contributed by atoms with Crippen molar-refractivity contribution in [1.82, 2.24) is 0 Å². The molecule has 0 heterocycles. The van der Waals surface area contributed by atoms with Gasteiger partial charge in [-0.1, -0.05) is 38.5 Å². The monoisotopic (exact) mass is 265 g/mol. The highest BCUT2D eigenvalue weighted by atomic mass is 19.1. The van der Waals surface area contributed by atoms with Crippen LogP contribution in [0.25, 0.3) is 0 Å². The molecule has 1 saturated carbocycles. The lowest BCUT2D eigenvalue weighted by Gasteiger charge is -2.21. The van der Waals surface area contributed by atoms with Crippen molar-refractivity contribution in [3.63, 3.8) is 0 Å². The standard InChI is InChI=1S/C16H24FNO/c1-19-16-9-8-13(17)11-14(16)15(18)10-12-6-4-2-3-5-7-12/h8-9,11-12,15H,2-7,10,18H2,1H3. The zero-order valence-electron chi connectivity index (χ0n) is 11.7. The van der Waals surface area contributed by atoms with Crippen LogP contribution in [0.1, 0.15) is 56.6 Å². The molecule has 0 bridgehead atoms. The zero-order chi connectivity index (χ0) is 13.7. The van der Waals surface area contributed by atoms with Crippen LogP contribution in [0.3, 0.4) is 0 Å². The molecule has 0 aromatic heterocycles. The predicted octanol–water partition coefficient (Wildman–Crippen LogP) is 4.19. The minimum atomic E-state index is -0.243. The van der Waals surface area contributed by atoms with Gasteiger partial charge in [0.2, 0.25) is 0 Å². The van der Waals surface area contributed by atoms with Crippen molar-refractivity contribution in [3.05, 3.63) is 29.6 Å². The summed E-state index contributed by atoms with van der Waals surface area (Å²) in [5.74, 6) is 1.13. The molecular formula is C16H24FNO. The van der Waals surface area contributed by atoms with E-state index in [1.54, 1.807) is 13.2 Å². The molecule has 0 saturated heterocycles. The van der Waals surface area contributed by atoms with Crippen LogP contribution >= 0.6 is 0 Å². The van der Waals surface area contributed by atoms with E-state index in [9.17, 15) is 4.39 Å². The highest BCUT2D eigenvalue weighted by Gasteiger charge is 2.19. The Labute approximate surface area is 115 Å². The first-order valence-electron chi connectivity index (χ1n) is 7.29. The number of hydrogen-bond donors (Lipinski definition) is 1. The molecular weight excluding hydrogens is 241 g/mol. The molecule has 0 amide bonds. The summed E-state index contributed by atoms with van der Waals surface area (Å²) in [6.07, 6.45) is 8.73. The van der Waals surface area contributed by atoms with Gasteiger partial charge in [-0.15, -0.1) is 0 Å². The number of methoxy groups -OCH3 is 1. The third kappa shape index (κ3) is 3.93. The van der Waals surface area contributed by atoms with Crippen LogP contribution in [0.2, 0.25) is 0 Å². The Morgan fingerprint density at radius 1 is 1.26 bits per heavy atom. The Morgan fingerprint density at radius 2 is 1.95 bits per heavy atom. The van der Waals surface area contributed by atoms with Crippen molar-refractivity contribution >= 4 is 0 Å². The lowest BCUT2D eigenvalue weighted by molar-refractivity contribution is 0.372. The summed E-state index contributed by atoms with van der Waals surface area (Å²) >= 11 is 0. The fourth-order valence-corrected chi connectivity index (χ4v) is 3.08. The van der Waals surface area contributed by atoms with Crippen LogP contribution in [0.4, 0.5) is 4.39 Å². The van der Waals surface area contributed by atoms with E-state index in [2.05, 4.69) is 0 Å². The van der Waals surface area contributed by atoms with Crippen LogP contribution < -0.4 is 10.5 Å². The normalized spacial score (nSPS) is 18.9. The molecule has 1 atom stereocenters. The first-order valence-corrected chi connectivity index (χ1v) is 7.29. The fraction of sp³-hybridized carbons (Fsp3) is 0.625. The Hall–Kier alpha value is -1.09. The van der Waals surface area contributed by atoms with Crippen LogP contribution in [0, 0.1) is 11.7 Å². The Balaban J connectivity index is 2.05. The minimum absolute atomic E-state index is 0.131. The zero-order valence-corrected chi connectivity index (χ0v) is 11.7. The number of benzene rings is 1. The molecule has 1 fully saturated rings. The summed E-state index contributed by atoms with van der Waals surface area (Å²) in [7, 11) is 1.61. The van der Waals surface area contributed by atoms with E-state index in [0.717, 1.165) is 12.0 Å². The van der Waals surface area contributed by atoms with Gasteiger partial charge in [0.15, 0.2) is 0 Å². The molecule has 3 heteroatoms. The van der Waals surface area contributed by atoms with E-state index in [4.69, 9.17) is 10.5 Å². The van der Waals surface area contributed by atoms with Gasteiger partial charge in [-0.05, 0) is 30.5 Å². The van der Waals surface area contributed by atoms with Crippen molar-refractivity contribution in [1.29, 1.82) is 0 Å². The number of rotatable bonds is 4. The van der Waals surface area contributed by atoms with E-state index < -0.39 is 0 Å². The minimum Gasteiger partial charge on any atom is -0.496 e. The van der Waals surface area contributed by atoms with Gasteiger partial charge in [-0.3, -0.25) is 0 Å². The average Bonchev–Trinajstić information content (AvgIpc) is 2.67. The van der Waals surface area contributed by atoms with E-state index in [1.165, 1.54) is 50.7 Å². The van der Waals surface area contributed by atoms with Crippen molar-refractivity contribution in [2.75, 3.05) is 7.11 Å².